The van der Waals surface area contributed by atoms with E-state index in [9.17, 15) is 14.4 Å². The largest absolute Gasteiger partial charge is 0.493 e. The van der Waals surface area contributed by atoms with Gasteiger partial charge >= 0.3 is 0 Å². The van der Waals surface area contributed by atoms with Gasteiger partial charge < -0.3 is 14.4 Å². The summed E-state index contributed by atoms with van der Waals surface area (Å²) in [5, 5.41) is 0. The number of rotatable bonds is 7. The molecule has 1 aliphatic carbocycles. The molecule has 0 saturated heterocycles. The van der Waals surface area contributed by atoms with Crippen LogP contribution in [0.1, 0.15) is 68.7 Å². The minimum Gasteiger partial charge on any atom is -0.493 e. The molecular formula is C26H30N2O5. The van der Waals surface area contributed by atoms with E-state index in [4.69, 9.17) is 9.47 Å². The number of amides is 3. The van der Waals surface area contributed by atoms with Crippen LogP contribution in [0.25, 0.3) is 0 Å². The van der Waals surface area contributed by atoms with E-state index in [2.05, 4.69) is 0 Å². The van der Waals surface area contributed by atoms with E-state index in [0.29, 0.717) is 41.2 Å². The second-order valence-electron chi connectivity index (χ2n) is 8.70. The zero-order chi connectivity index (χ0) is 23.5. The van der Waals surface area contributed by atoms with Crippen LogP contribution in [-0.4, -0.2) is 61.4 Å². The summed E-state index contributed by atoms with van der Waals surface area (Å²) in [6, 6.07) is 10.5. The third kappa shape index (κ3) is 4.45. The zero-order valence-electron chi connectivity index (χ0n) is 19.4. The Balaban J connectivity index is 1.45. The van der Waals surface area contributed by atoms with Gasteiger partial charge in [-0.2, -0.15) is 0 Å². The highest BCUT2D eigenvalue weighted by molar-refractivity contribution is 6.22. The first kappa shape index (κ1) is 22.8. The van der Waals surface area contributed by atoms with Gasteiger partial charge in [-0.25, -0.2) is 0 Å². The van der Waals surface area contributed by atoms with Crippen molar-refractivity contribution in [3.05, 3.63) is 58.7 Å². The van der Waals surface area contributed by atoms with Crippen LogP contribution in [0.15, 0.2) is 36.4 Å². The number of carbonyl (C=O) groups excluding carboxylic acids is 3. The summed E-state index contributed by atoms with van der Waals surface area (Å²) in [5.41, 5.74) is 2.17. The molecule has 0 aromatic heterocycles. The summed E-state index contributed by atoms with van der Waals surface area (Å²) in [5.74, 6) is 0.612. The van der Waals surface area contributed by atoms with Crippen molar-refractivity contribution in [1.29, 1.82) is 0 Å². The number of ether oxygens (including phenoxy) is 2. The molecule has 174 valence electrons. The van der Waals surface area contributed by atoms with Gasteiger partial charge in [0.1, 0.15) is 0 Å². The highest BCUT2D eigenvalue weighted by Gasteiger charge is 2.40. The van der Waals surface area contributed by atoms with Crippen LogP contribution in [0.2, 0.25) is 0 Å². The first-order valence-corrected chi connectivity index (χ1v) is 11.4. The molecule has 7 nitrogen and oxygen atoms in total. The normalized spacial score (nSPS) is 16.0. The summed E-state index contributed by atoms with van der Waals surface area (Å²) >= 11 is 0. The number of hydrogen-bond acceptors (Lipinski definition) is 5. The van der Waals surface area contributed by atoms with Crippen LogP contribution in [-0.2, 0) is 6.42 Å². The summed E-state index contributed by atoms with van der Waals surface area (Å²) in [6.07, 6.45) is 5.57. The average molecular weight is 451 g/mol. The fourth-order valence-corrected chi connectivity index (χ4v) is 4.72. The lowest BCUT2D eigenvalue weighted by Crippen LogP contribution is -2.40. The summed E-state index contributed by atoms with van der Waals surface area (Å²) < 4.78 is 10.6. The van der Waals surface area contributed by atoms with E-state index in [-0.39, 0.29) is 23.8 Å². The molecule has 1 heterocycles. The zero-order valence-corrected chi connectivity index (χ0v) is 19.4. The van der Waals surface area contributed by atoms with Crippen molar-refractivity contribution in [2.75, 3.05) is 27.8 Å². The van der Waals surface area contributed by atoms with Crippen LogP contribution >= 0.6 is 0 Å². The number of imide groups is 1. The Morgan fingerprint density at radius 2 is 1.64 bits per heavy atom. The van der Waals surface area contributed by atoms with E-state index < -0.39 is 0 Å². The Morgan fingerprint density at radius 3 is 2.33 bits per heavy atom. The molecule has 0 unspecified atom stereocenters. The van der Waals surface area contributed by atoms with Crippen molar-refractivity contribution < 1.29 is 23.9 Å². The van der Waals surface area contributed by atoms with Crippen molar-refractivity contribution in [1.82, 2.24) is 9.80 Å². The van der Waals surface area contributed by atoms with Crippen LogP contribution in [0, 0.1) is 0 Å². The summed E-state index contributed by atoms with van der Waals surface area (Å²) in [7, 11) is 4.91. The van der Waals surface area contributed by atoms with E-state index in [1.54, 1.807) is 44.4 Å². The van der Waals surface area contributed by atoms with Crippen LogP contribution in [0.4, 0.5) is 0 Å². The lowest BCUT2D eigenvalue weighted by molar-refractivity contribution is 0.0548. The quantitative estimate of drug-likeness (QED) is 0.597. The Kier molecular flexibility index (Phi) is 6.67. The van der Waals surface area contributed by atoms with Crippen LogP contribution in [0.5, 0.6) is 11.5 Å². The second kappa shape index (κ2) is 9.65. The smallest absolute Gasteiger partial charge is 0.261 e. The topological polar surface area (TPSA) is 76.2 Å². The lowest BCUT2D eigenvalue weighted by atomic mass is 9.94. The first-order chi connectivity index (χ1) is 15.9. The number of methoxy groups -OCH3 is 2. The van der Waals surface area contributed by atoms with Crippen LogP contribution < -0.4 is 9.47 Å². The molecule has 2 aliphatic rings. The third-order valence-corrected chi connectivity index (χ3v) is 6.64. The fourth-order valence-electron chi connectivity index (χ4n) is 4.72. The maximum absolute atomic E-state index is 13.0. The SMILES string of the molecule is COc1ccc(CCN(C)C(=O)c2ccc3c(c2)C(=O)N(C2CCCCC2)C3=O)cc1OC. The second-order valence-corrected chi connectivity index (χ2v) is 8.70. The molecular weight excluding hydrogens is 420 g/mol. The van der Waals surface area contributed by atoms with Gasteiger partial charge in [-0.1, -0.05) is 25.3 Å². The predicted molar refractivity (Wildman–Crippen MR) is 124 cm³/mol. The number of hydrogen-bond donors (Lipinski definition) is 0. The molecule has 2 aromatic carbocycles. The van der Waals surface area contributed by atoms with Crippen LogP contribution in [0.3, 0.4) is 0 Å². The standard InChI is InChI=1S/C26H30N2O5/c1-27(14-13-17-9-12-22(32-2)23(15-17)33-3)24(29)18-10-11-20-21(16-18)26(31)28(25(20)30)19-7-5-4-6-8-19/h9-12,15-16,19H,4-8,13-14H2,1-3H3. The van der Waals surface area contributed by atoms with Crippen molar-refractivity contribution in [2.45, 2.75) is 44.6 Å². The highest BCUT2D eigenvalue weighted by atomic mass is 16.5. The van der Waals surface area contributed by atoms with E-state index in [0.717, 1.165) is 37.7 Å². The molecule has 0 radical (unpaired) electrons. The molecule has 1 aliphatic heterocycles. The van der Waals surface area contributed by atoms with Gasteiger partial charge in [0.05, 0.1) is 25.3 Å². The molecule has 4 rings (SSSR count). The van der Waals surface area contributed by atoms with E-state index in [1.165, 1.54) is 4.90 Å². The summed E-state index contributed by atoms with van der Waals surface area (Å²) in [4.78, 5) is 42.0. The van der Waals surface area contributed by atoms with Crippen molar-refractivity contribution in [2.24, 2.45) is 0 Å². The number of carbonyl (C=O) groups is 3. The van der Waals surface area contributed by atoms with Crippen molar-refractivity contribution >= 4 is 17.7 Å². The Morgan fingerprint density at radius 1 is 0.939 bits per heavy atom. The molecule has 0 spiro atoms. The number of fused-ring (bicyclic) bond motifs is 1. The minimum absolute atomic E-state index is 0.0329. The molecule has 0 atom stereocenters. The number of nitrogens with zero attached hydrogens (tertiary/aromatic N) is 2. The third-order valence-electron chi connectivity index (χ3n) is 6.64. The molecule has 1 saturated carbocycles. The maximum atomic E-state index is 13.0. The predicted octanol–water partition coefficient (Wildman–Crippen LogP) is 3.95. The van der Waals surface area contributed by atoms with Crippen molar-refractivity contribution in [3.63, 3.8) is 0 Å². The molecule has 33 heavy (non-hydrogen) atoms. The van der Waals surface area contributed by atoms with Crippen molar-refractivity contribution in [3.8, 4) is 11.5 Å². The number of benzene rings is 2. The highest BCUT2D eigenvalue weighted by Crippen LogP contribution is 2.32. The van der Waals surface area contributed by atoms with Gasteiger partial charge in [-0.05, 0) is 55.2 Å². The molecule has 1 fully saturated rings. The molecule has 7 heteroatoms. The summed E-state index contributed by atoms with van der Waals surface area (Å²) in [6.45, 7) is 0.493. The Labute approximate surface area is 194 Å². The monoisotopic (exact) mass is 450 g/mol. The average Bonchev–Trinajstić information content (AvgIpc) is 3.11. The molecule has 0 bridgehead atoms. The van der Waals surface area contributed by atoms with E-state index in [1.807, 2.05) is 18.2 Å². The molecule has 3 amide bonds. The van der Waals surface area contributed by atoms with Gasteiger partial charge in [0.25, 0.3) is 17.7 Å². The van der Waals surface area contributed by atoms with Gasteiger partial charge in [-0.15, -0.1) is 0 Å². The number of likely N-dealkylation sites (N-methyl/N-ethyl adjacent to an activating group) is 1. The molecule has 0 N–H and O–H groups in total. The van der Waals surface area contributed by atoms with Gasteiger partial charge in [-0.3, -0.25) is 19.3 Å². The van der Waals surface area contributed by atoms with Gasteiger partial charge in [0, 0.05) is 25.2 Å². The van der Waals surface area contributed by atoms with E-state index >= 15 is 0 Å². The maximum Gasteiger partial charge on any atom is 0.261 e. The first-order valence-electron chi connectivity index (χ1n) is 11.4. The van der Waals surface area contributed by atoms with Gasteiger partial charge in [0.2, 0.25) is 0 Å². The molecule has 2 aromatic rings. The lowest BCUT2D eigenvalue weighted by Gasteiger charge is -2.29. The Bertz CT molecular complexity index is 1070. The van der Waals surface area contributed by atoms with Gasteiger partial charge in [0.15, 0.2) is 11.5 Å². The Hall–Kier alpha value is -3.35. The minimum atomic E-state index is -0.274. The fraction of sp³-hybridized carbons (Fsp3) is 0.423.